The van der Waals surface area contributed by atoms with E-state index in [1.807, 2.05) is 0 Å². The highest BCUT2D eigenvalue weighted by Crippen LogP contribution is 2.34. The second-order valence-corrected chi connectivity index (χ2v) is 7.21. The predicted octanol–water partition coefficient (Wildman–Crippen LogP) is 2.37. The van der Waals surface area contributed by atoms with Crippen molar-refractivity contribution >= 4 is 11.6 Å². The molecule has 148 valence electrons. The molecule has 8 heteroatoms. The SMILES string of the molecule is COc1ccc([N+](=O)[O-])cc1C(=O)NCC1(N2CCOCC2)CCCCC1. The fraction of sp³-hybridized carbons (Fsp3) is 0.632. The Morgan fingerprint density at radius 3 is 2.63 bits per heavy atom. The fourth-order valence-electron chi connectivity index (χ4n) is 4.18. The average molecular weight is 377 g/mol. The van der Waals surface area contributed by atoms with Gasteiger partial charge in [-0.1, -0.05) is 19.3 Å². The maximum absolute atomic E-state index is 12.8. The van der Waals surface area contributed by atoms with Crippen LogP contribution in [0.1, 0.15) is 42.5 Å². The zero-order valence-corrected chi connectivity index (χ0v) is 15.7. The summed E-state index contributed by atoms with van der Waals surface area (Å²) >= 11 is 0. The van der Waals surface area contributed by atoms with E-state index in [0.717, 1.165) is 38.8 Å². The minimum Gasteiger partial charge on any atom is -0.496 e. The van der Waals surface area contributed by atoms with Crippen LogP contribution in [0.5, 0.6) is 5.75 Å². The van der Waals surface area contributed by atoms with Crippen molar-refractivity contribution in [1.82, 2.24) is 10.2 Å². The van der Waals surface area contributed by atoms with Gasteiger partial charge in [0.15, 0.2) is 0 Å². The lowest BCUT2D eigenvalue weighted by Gasteiger charge is -2.48. The zero-order chi connectivity index (χ0) is 19.3. The number of ether oxygens (including phenoxy) is 2. The van der Waals surface area contributed by atoms with Gasteiger partial charge < -0.3 is 14.8 Å². The van der Waals surface area contributed by atoms with Crippen molar-refractivity contribution in [2.24, 2.45) is 0 Å². The van der Waals surface area contributed by atoms with Crippen LogP contribution in [-0.2, 0) is 4.74 Å². The van der Waals surface area contributed by atoms with E-state index < -0.39 is 4.92 Å². The van der Waals surface area contributed by atoms with E-state index in [9.17, 15) is 14.9 Å². The lowest BCUT2D eigenvalue weighted by atomic mass is 9.79. The Balaban J connectivity index is 1.76. The number of carbonyl (C=O) groups is 1. The number of hydrogen-bond donors (Lipinski definition) is 1. The van der Waals surface area contributed by atoms with Crippen molar-refractivity contribution in [2.45, 2.75) is 37.6 Å². The number of nitrogens with zero attached hydrogens (tertiary/aromatic N) is 2. The van der Waals surface area contributed by atoms with Crippen LogP contribution in [0, 0.1) is 10.1 Å². The first-order valence-corrected chi connectivity index (χ1v) is 9.49. The van der Waals surface area contributed by atoms with Crippen LogP contribution in [0.3, 0.4) is 0 Å². The lowest BCUT2D eigenvalue weighted by molar-refractivity contribution is -0.384. The van der Waals surface area contributed by atoms with E-state index in [2.05, 4.69) is 10.2 Å². The van der Waals surface area contributed by atoms with Crippen LogP contribution in [0.4, 0.5) is 5.69 Å². The molecule has 0 spiro atoms. The van der Waals surface area contributed by atoms with E-state index in [0.29, 0.717) is 25.5 Å². The highest BCUT2D eigenvalue weighted by atomic mass is 16.6. The second-order valence-electron chi connectivity index (χ2n) is 7.21. The first-order chi connectivity index (χ1) is 13.1. The van der Waals surface area contributed by atoms with Gasteiger partial charge in [0, 0.05) is 37.3 Å². The largest absolute Gasteiger partial charge is 0.496 e. The number of benzene rings is 1. The highest BCUT2D eigenvalue weighted by molar-refractivity contribution is 5.97. The molecule has 0 bridgehead atoms. The predicted molar refractivity (Wildman–Crippen MR) is 100 cm³/mol. The first-order valence-electron chi connectivity index (χ1n) is 9.49. The normalized spacial score (nSPS) is 20.0. The number of nitrogens with one attached hydrogen (secondary N) is 1. The van der Waals surface area contributed by atoms with Gasteiger partial charge in [-0.05, 0) is 18.9 Å². The summed E-state index contributed by atoms with van der Waals surface area (Å²) in [5.74, 6) is -0.00377. The molecule has 1 aromatic rings. The number of nitro groups is 1. The number of morpholine rings is 1. The van der Waals surface area contributed by atoms with Gasteiger partial charge in [0.1, 0.15) is 5.75 Å². The molecule has 1 saturated carbocycles. The topological polar surface area (TPSA) is 93.9 Å². The summed E-state index contributed by atoms with van der Waals surface area (Å²) in [7, 11) is 1.45. The van der Waals surface area contributed by atoms with Gasteiger partial charge in [0.2, 0.25) is 0 Å². The van der Waals surface area contributed by atoms with Crippen LogP contribution < -0.4 is 10.1 Å². The Bertz CT molecular complexity index is 682. The molecule has 1 aliphatic heterocycles. The van der Waals surface area contributed by atoms with E-state index in [1.54, 1.807) is 0 Å². The van der Waals surface area contributed by atoms with E-state index in [4.69, 9.17) is 9.47 Å². The quantitative estimate of drug-likeness (QED) is 0.604. The summed E-state index contributed by atoms with van der Waals surface area (Å²) < 4.78 is 10.7. The molecule has 1 saturated heterocycles. The third-order valence-corrected chi connectivity index (χ3v) is 5.68. The average Bonchev–Trinajstić information content (AvgIpc) is 2.72. The molecule has 1 aromatic carbocycles. The maximum atomic E-state index is 12.8. The summed E-state index contributed by atoms with van der Waals surface area (Å²) in [5, 5.41) is 14.1. The molecule has 1 heterocycles. The van der Waals surface area contributed by atoms with Crippen molar-refractivity contribution < 1.29 is 19.2 Å². The van der Waals surface area contributed by atoms with E-state index >= 15 is 0 Å². The number of amides is 1. The molecular weight excluding hydrogens is 350 g/mol. The molecule has 0 aromatic heterocycles. The molecule has 0 radical (unpaired) electrons. The smallest absolute Gasteiger partial charge is 0.270 e. The highest BCUT2D eigenvalue weighted by Gasteiger charge is 2.39. The van der Waals surface area contributed by atoms with Crippen molar-refractivity contribution in [2.75, 3.05) is 40.0 Å². The number of carbonyl (C=O) groups excluding carboxylic acids is 1. The Kier molecular flexibility index (Phi) is 6.28. The van der Waals surface area contributed by atoms with Gasteiger partial charge >= 0.3 is 0 Å². The number of methoxy groups -OCH3 is 1. The molecule has 3 rings (SSSR count). The summed E-state index contributed by atoms with van der Waals surface area (Å²) in [6.45, 7) is 3.70. The van der Waals surface area contributed by atoms with Gasteiger partial charge in [0.25, 0.3) is 11.6 Å². The Morgan fingerprint density at radius 1 is 1.30 bits per heavy atom. The molecule has 0 atom stereocenters. The zero-order valence-electron chi connectivity index (χ0n) is 15.7. The molecule has 1 aliphatic carbocycles. The van der Waals surface area contributed by atoms with Gasteiger partial charge in [-0.15, -0.1) is 0 Å². The molecule has 0 unspecified atom stereocenters. The molecule has 1 amide bonds. The number of nitro benzene ring substituents is 1. The lowest BCUT2D eigenvalue weighted by Crippen LogP contribution is -2.59. The molecule has 2 aliphatic rings. The second kappa shape index (κ2) is 8.67. The van der Waals surface area contributed by atoms with Crippen LogP contribution in [0.15, 0.2) is 18.2 Å². The Morgan fingerprint density at radius 2 is 2.00 bits per heavy atom. The first kappa shape index (κ1) is 19.6. The summed E-state index contributed by atoms with van der Waals surface area (Å²) in [5.41, 5.74) is 0.00666. The molecule has 1 N–H and O–H groups in total. The van der Waals surface area contributed by atoms with Crippen LogP contribution in [0.2, 0.25) is 0 Å². The van der Waals surface area contributed by atoms with Crippen molar-refractivity contribution in [3.05, 3.63) is 33.9 Å². The molecule has 27 heavy (non-hydrogen) atoms. The van der Waals surface area contributed by atoms with Crippen molar-refractivity contribution in [3.63, 3.8) is 0 Å². The van der Waals surface area contributed by atoms with E-state index in [-0.39, 0.29) is 22.7 Å². The monoisotopic (exact) mass is 377 g/mol. The van der Waals surface area contributed by atoms with Crippen molar-refractivity contribution in [3.8, 4) is 5.75 Å². The minimum atomic E-state index is -0.507. The van der Waals surface area contributed by atoms with Crippen LogP contribution in [0.25, 0.3) is 0 Å². The van der Waals surface area contributed by atoms with Crippen LogP contribution in [-0.4, -0.2) is 61.2 Å². The number of non-ortho nitro benzene ring substituents is 1. The van der Waals surface area contributed by atoms with Crippen LogP contribution >= 0.6 is 0 Å². The maximum Gasteiger partial charge on any atom is 0.270 e. The molecule has 2 fully saturated rings. The minimum absolute atomic E-state index is 0.0639. The Labute approximate surface area is 159 Å². The van der Waals surface area contributed by atoms with E-state index in [1.165, 1.54) is 31.7 Å². The third-order valence-electron chi connectivity index (χ3n) is 5.68. The standard InChI is InChI=1S/C19H27N3O5/c1-26-17-6-5-15(22(24)25)13-16(17)18(23)20-14-19(7-3-2-4-8-19)21-9-11-27-12-10-21/h5-6,13H,2-4,7-12,14H2,1H3,(H,20,23). The van der Waals surface area contributed by atoms with Gasteiger partial charge in [-0.2, -0.15) is 0 Å². The van der Waals surface area contributed by atoms with Gasteiger partial charge in [-0.25, -0.2) is 0 Å². The summed E-state index contributed by atoms with van der Waals surface area (Å²) in [4.78, 5) is 25.8. The molecular formula is C19H27N3O5. The molecule has 8 nitrogen and oxygen atoms in total. The number of rotatable bonds is 6. The van der Waals surface area contributed by atoms with Gasteiger partial charge in [0.05, 0.1) is 30.8 Å². The third kappa shape index (κ3) is 4.39. The number of hydrogen-bond acceptors (Lipinski definition) is 6. The fourth-order valence-corrected chi connectivity index (χ4v) is 4.18. The van der Waals surface area contributed by atoms with Gasteiger partial charge in [-0.3, -0.25) is 19.8 Å². The Hall–Kier alpha value is -2.19. The summed E-state index contributed by atoms with van der Waals surface area (Å²) in [6, 6.07) is 4.08. The summed E-state index contributed by atoms with van der Waals surface area (Å²) in [6.07, 6.45) is 5.60. The van der Waals surface area contributed by atoms with Crippen molar-refractivity contribution in [1.29, 1.82) is 0 Å².